The minimum atomic E-state index is -0.977. The van der Waals surface area contributed by atoms with Gasteiger partial charge in [0.2, 0.25) is 0 Å². The summed E-state index contributed by atoms with van der Waals surface area (Å²) >= 11 is 0. The maximum atomic E-state index is 11.0. The molecule has 0 saturated heterocycles. The lowest BCUT2D eigenvalue weighted by Crippen LogP contribution is -2.04. The van der Waals surface area contributed by atoms with Gasteiger partial charge < -0.3 is 5.11 Å². The van der Waals surface area contributed by atoms with Crippen LogP contribution in [0.1, 0.15) is 21.7 Å². The van der Waals surface area contributed by atoms with Crippen LogP contribution in [0.2, 0.25) is 0 Å². The van der Waals surface area contributed by atoms with Crippen molar-refractivity contribution >= 4 is 16.7 Å². The second-order valence-electron chi connectivity index (χ2n) is 3.52. The third kappa shape index (κ3) is 1.46. The molecule has 0 aliphatic carbocycles. The minimum Gasteiger partial charge on any atom is -0.476 e. The van der Waals surface area contributed by atoms with Gasteiger partial charge in [0.25, 0.3) is 0 Å². The fourth-order valence-electron chi connectivity index (χ4n) is 1.69. The van der Waals surface area contributed by atoms with E-state index < -0.39 is 5.97 Å². The summed E-state index contributed by atoms with van der Waals surface area (Å²) in [6.07, 6.45) is 0. The molecule has 1 N–H and O–H groups in total. The molecule has 15 heavy (non-hydrogen) atoms. The van der Waals surface area contributed by atoms with Gasteiger partial charge in [-0.15, -0.1) is 0 Å². The second kappa shape index (κ2) is 3.35. The Morgan fingerprint density at radius 2 is 1.80 bits per heavy atom. The highest BCUT2D eigenvalue weighted by Crippen LogP contribution is 2.22. The van der Waals surface area contributed by atoms with Crippen LogP contribution in [0.5, 0.6) is 0 Å². The van der Waals surface area contributed by atoms with E-state index in [4.69, 9.17) is 5.11 Å². The summed E-state index contributed by atoms with van der Waals surface area (Å²) in [6.45, 7) is 3.78. The minimum absolute atomic E-state index is 0.133. The maximum Gasteiger partial charge on any atom is 0.355 e. The molecule has 1 aromatic heterocycles. The number of aromatic nitrogens is 1. The lowest BCUT2D eigenvalue weighted by molar-refractivity contribution is 0.0692. The highest BCUT2D eigenvalue weighted by molar-refractivity contribution is 6.02. The zero-order valence-corrected chi connectivity index (χ0v) is 8.61. The second-order valence-corrected chi connectivity index (χ2v) is 3.52. The number of aromatic carboxylic acids is 1. The fourth-order valence-corrected chi connectivity index (χ4v) is 1.69. The largest absolute Gasteiger partial charge is 0.476 e. The van der Waals surface area contributed by atoms with E-state index in [9.17, 15) is 4.79 Å². The summed E-state index contributed by atoms with van der Waals surface area (Å²) in [5.74, 6) is -0.977. The van der Waals surface area contributed by atoms with Crippen LogP contribution in [0.3, 0.4) is 0 Å². The van der Waals surface area contributed by atoms with Crippen LogP contribution in [0, 0.1) is 13.8 Å². The van der Waals surface area contributed by atoms with Gasteiger partial charge in [-0.2, -0.15) is 0 Å². The first-order chi connectivity index (χ1) is 7.11. The van der Waals surface area contributed by atoms with Gasteiger partial charge in [-0.3, -0.25) is 0 Å². The molecule has 76 valence electrons. The standard InChI is InChI=1S/C12H11NO2/c1-7-8(2)13-11(12(14)15)10-6-4-3-5-9(7)10/h3-6H,1-2H3,(H,14,15). The van der Waals surface area contributed by atoms with Crippen molar-refractivity contribution < 1.29 is 9.90 Å². The Labute approximate surface area is 87.4 Å². The smallest absolute Gasteiger partial charge is 0.355 e. The molecule has 0 fully saturated rings. The van der Waals surface area contributed by atoms with E-state index in [2.05, 4.69) is 4.98 Å². The summed E-state index contributed by atoms with van der Waals surface area (Å²) in [5.41, 5.74) is 1.94. The maximum absolute atomic E-state index is 11.0. The summed E-state index contributed by atoms with van der Waals surface area (Å²) in [7, 11) is 0. The topological polar surface area (TPSA) is 50.2 Å². The number of pyridine rings is 1. The summed E-state index contributed by atoms with van der Waals surface area (Å²) < 4.78 is 0. The van der Waals surface area contributed by atoms with Gasteiger partial charge in [0.15, 0.2) is 5.69 Å². The molecule has 0 amide bonds. The monoisotopic (exact) mass is 201 g/mol. The van der Waals surface area contributed by atoms with Gasteiger partial charge in [-0.05, 0) is 24.8 Å². The third-order valence-corrected chi connectivity index (χ3v) is 2.61. The number of aryl methyl sites for hydroxylation is 2. The van der Waals surface area contributed by atoms with Gasteiger partial charge in [-0.1, -0.05) is 24.3 Å². The van der Waals surface area contributed by atoms with Crippen LogP contribution in [0.15, 0.2) is 24.3 Å². The molecular formula is C12H11NO2. The number of carboxylic acid groups (broad SMARTS) is 1. The van der Waals surface area contributed by atoms with Crippen molar-refractivity contribution in [1.82, 2.24) is 4.98 Å². The van der Waals surface area contributed by atoms with E-state index in [1.165, 1.54) is 0 Å². The zero-order valence-electron chi connectivity index (χ0n) is 8.61. The van der Waals surface area contributed by atoms with Gasteiger partial charge in [0.1, 0.15) is 0 Å². The molecule has 2 aromatic rings. The Kier molecular flexibility index (Phi) is 2.15. The van der Waals surface area contributed by atoms with Crippen LogP contribution < -0.4 is 0 Å². The molecule has 0 aliphatic rings. The third-order valence-electron chi connectivity index (χ3n) is 2.61. The van der Waals surface area contributed by atoms with E-state index in [1.807, 2.05) is 32.0 Å². The SMILES string of the molecule is Cc1nc(C(=O)O)c2ccccc2c1C. The predicted octanol–water partition coefficient (Wildman–Crippen LogP) is 2.55. The molecule has 1 aromatic carbocycles. The summed E-state index contributed by atoms with van der Waals surface area (Å²) in [5, 5.41) is 10.7. The molecular weight excluding hydrogens is 190 g/mol. The number of nitrogens with zero attached hydrogens (tertiary/aromatic N) is 1. The first kappa shape index (κ1) is 9.65. The van der Waals surface area contributed by atoms with Crippen molar-refractivity contribution in [2.75, 3.05) is 0 Å². The first-order valence-electron chi connectivity index (χ1n) is 4.70. The number of hydrogen-bond acceptors (Lipinski definition) is 2. The molecule has 1 heterocycles. The number of hydrogen-bond donors (Lipinski definition) is 1. The molecule has 0 saturated carbocycles. The Hall–Kier alpha value is -1.90. The molecule has 0 spiro atoms. The molecule has 0 unspecified atom stereocenters. The van der Waals surface area contributed by atoms with Crippen LogP contribution in [0.25, 0.3) is 10.8 Å². The lowest BCUT2D eigenvalue weighted by atomic mass is 10.0. The number of benzene rings is 1. The number of carbonyl (C=O) groups is 1. The van der Waals surface area contributed by atoms with Gasteiger partial charge >= 0.3 is 5.97 Å². The highest BCUT2D eigenvalue weighted by atomic mass is 16.4. The zero-order chi connectivity index (χ0) is 11.0. The van der Waals surface area contributed by atoms with Crippen molar-refractivity contribution in [3.8, 4) is 0 Å². The Balaban J connectivity index is 2.94. The van der Waals surface area contributed by atoms with Crippen molar-refractivity contribution in [2.24, 2.45) is 0 Å². The average Bonchev–Trinajstić information content (AvgIpc) is 2.23. The van der Waals surface area contributed by atoms with Gasteiger partial charge in [-0.25, -0.2) is 9.78 Å². The molecule has 0 radical (unpaired) electrons. The molecule has 3 nitrogen and oxygen atoms in total. The van der Waals surface area contributed by atoms with E-state index in [0.29, 0.717) is 5.39 Å². The van der Waals surface area contributed by atoms with E-state index in [0.717, 1.165) is 16.6 Å². The van der Waals surface area contributed by atoms with Crippen molar-refractivity contribution in [2.45, 2.75) is 13.8 Å². The Morgan fingerprint density at radius 3 is 2.40 bits per heavy atom. The van der Waals surface area contributed by atoms with Crippen LogP contribution >= 0.6 is 0 Å². The van der Waals surface area contributed by atoms with Crippen LogP contribution in [-0.4, -0.2) is 16.1 Å². The van der Waals surface area contributed by atoms with Gasteiger partial charge in [0, 0.05) is 11.1 Å². The van der Waals surface area contributed by atoms with Gasteiger partial charge in [0.05, 0.1) is 0 Å². The lowest BCUT2D eigenvalue weighted by Gasteiger charge is -2.07. The average molecular weight is 201 g/mol. The predicted molar refractivity (Wildman–Crippen MR) is 58.2 cm³/mol. The number of fused-ring (bicyclic) bond motifs is 1. The Bertz CT molecular complexity index is 547. The summed E-state index contributed by atoms with van der Waals surface area (Å²) in [4.78, 5) is 15.1. The molecule has 0 bridgehead atoms. The first-order valence-corrected chi connectivity index (χ1v) is 4.70. The van der Waals surface area contributed by atoms with Crippen molar-refractivity contribution in [1.29, 1.82) is 0 Å². The molecule has 3 heteroatoms. The molecule has 2 rings (SSSR count). The van der Waals surface area contributed by atoms with Crippen molar-refractivity contribution in [3.05, 3.63) is 41.2 Å². The molecule has 0 aliphatic heterocycles. The number of carboxylic acids is 1. The van der Waals surface area contributed by atoms with Crippen LogP contribution in [-0.2, 0) is 0 Å². The Morgan fingerprint density at radius 1 is 1.20 bits per heavy atom. The highest BCUT2D eigenvalue weighted by Gasteiger charge is 2.12. The van der Waals surface area contributed by atoms with Crippen molar-refractivity contribution in [3.63, 3.8) is 0 Å². The van der Waals surface area contributed by atoms with E-state index in [1.54, 1.807) is 6.07 Å². The normalized spacial score (nSPS) is 10.5. The van der Waals surface area contributed by atoms with E-state index >= 15 is 0 Å². The summed E-state index contributed by atoms with van der Waals surface area (Å²) in [6, 6.07) is 7.44. The van der Waals surface area contributed by atoms with E-state index in [-0.39, 0.29) is 5.69 Å². The fraction of sp³-hybridized carbons (Fsp3) is 0.167. The van der Waals surface area contributed by atoms with Crippen LogP contribution in [0.4, 0.5) is 0 Å². The molecule has 0 atom stereocenters. The number of rotatable bonds is 1. The quantitative estimate of drug-likeness (QED) is 0.771.